The second-order valence-electron chi connectivity index (χ2n) is 6.01. The average molecular weight is 367 g/mol. The third-order valence-corrected chi connectivity index (χ3v) is 6.70. The number of nitrogens with one attached hydrogen (secondary N) is 1. The van der Waals surface area contributed by atoms with E-state index in [0.717, 1.165) is 5.56 Å². The van der Waals surface area contributed by atoms with Crippen LogP contribution in [0.3, 0.4) is 0 Å². The van der Waals surface area contributed by atoms with Gasteiger partial charge in [0.05, 0.1) is 24.5 Å². The minimum Gasteiger partial charge on any atom is -0.486 e. The highest BCUT2D eigenvalue weighted by Crippen LogP contribution is 2.27. The van der Waals surface area contributed by atoms with Gasteiger partial charge in [-0.2, -0.15) is 0 Å². The topological polar surface area (TPSA) is 64.6 Å². The van der Waals surface area contributed by atoms with Crippen LogP contribution in [-0.2, 0) is 14.8 Å². The molecule has 0 radical (unpaired) electrons. The van der Waals surface area contributed by atoms with Crippen LogP contribution in [0, 0.1) is 0 Å². The first-order chi connectivity index (χ1) is 11.5. The Labute approximate surface area is 146 Å². The number of hydrogen-bond acceptors (Lipinski definition) is 5. The van der Waals surface area contributed by atoms with Crippen molar-refractivity contribution in [3.63, 3.8) is 0 Å². The molecule has 3 rings (SSSR count). The Morgan fingerprint density at radius 1 is 1.21 bits per heavy atom. The van der Waals surface area contributed by atoms with E-state index in [2.05, 4.69) is 10.8 Å². The molecule has 0 saturated carbocycles. The summed E-state index contributed by atoms with van der Waals surface area (Å²) in [6.07, 6.45) is -0.328. The zero-order valence-electron chi connectivity index (χ0n) is 13.6. The Kier molecular flexibility index (Phi) is 5.24. The van der Waals surface area contributed by atoms with Crippen LogP contribution in [0.25, 0.3) is 10.4 Å². The van der Waals surface area contributed by atoms with Crippen molar-refractivity contribution < 1.29 is 17.9 Å². The van der Waals surface area contributed by atoms with Gasteiger partial charge >= 0.3 is 0 Å². The van der Waals surface area contributed by atoms with Gasteiger partial charge in [0.2, 0.25) is 10.0 Å². The van der Waals surface area contributed by atoms with Crippen LogP contribution < -0.4 is 9.46 Å². The number of rotatable bonds is 6. The molecule has 24 heavy (non-hydrogen) atoms. The van der Waals surface area contributed by atoms with Gasteiger partial charge in [-0.25, -0.2) is 13.1 Å². The lowest BCUT2D eigenvalue weighted by Gasteiger charge is -2.21. The number of benzene rings is 1. The average Bonchev–Trinajstić information content (AvgIpc) is 3.20. The van der Waals surface area contributed by atoms with Crippen molar-refractivity contribution in [3.8, 4) is 16.2 Å². The molecule has 1 aliphatic rings. The third kappa shape index (κ3) is 3.97. The van der Waals surface area contributed by atoms with Crippen LogP contribution in [0.1, 0.15) is 13.8 Å². The van der Waals surface area contributed by atoms with Crippen LogP contribution >= 0.6 is 11.3 Å². The van der Waals surface area contributed by atoms with Crippen molar-refractivity contribution in [2.24, 2.45) is 0 Å². The van der Waals surface area contributed by atoms with Crippen LogP contribution in [0.2, 0.25) is 0 Å². The molecule has 0 unspecified atom stereocenters. The van der Waals surface area contributed by atoms with Crippen molar-refractivity contribution in [3.05, 3.63) is 41.8 Å². The third-order valence-electron chi connectivity index (χ3n) is 3.91. The van der Waals surface area contributed by atoms with Crippen molar-refractivity contribution in [1.82, 2.24) is 4.72 Å². The zero-order chi connectivity index (χ0) is 17.2. The Balaban J connectivity index is 1.66. The predicted octanol–water partition coefficient (Wildman–Crippen LogP) is 2.89. The lowest BCUT2D eigenvalue weighted by Crippen LogP contribution is -2.47. The van der Waals surface area contributed by atoms with Crippen molar-refractivity contribution in [2.45, 2.75) is 31.2 Å². The number of ether oxygens (including phenoxy) is 2. The fourth-order valence-electron chi connectivity index (χ4n) is 2.42. The van der Waals surface area contributed by atoms with Crippen LogP contribution in [0.15, 0.2) is 41.8 Å². The van der Waals surface area contributed by atoms with Crippen molar-refractivity contribution in [1.29, 1.82) is 0 Å². The molecule has 2 heterocycles. The SMILES string of the molecule is CC(C)S(=O)(=O)N[C@H]1COC[C@H]1Oc1ccc(-c2cccs2)cc1. The molecule has 0 bridgehead atoms. The van der Waals surface area contributed by atoms with Crippen LogP contribution in [0.4, 0.5) is 0 Å². The number of thiophene rings is 1. The summed E-state index contributed by atoms with van der Waals surface area (Å²) < 4.78 is 38.1. The summed E-state index contributed by atoms with van der Waals surface area (Å²) in [5.74, 6) is 0.708. The minimum atomic E-state index is -3.35. The second kappa shape index (κ2) is 7.23. The highest BCUT2D eigenvalue weighted by molar-refractivity contribution is 7.90. The number of sulfonamides is 1. The highest BCUT2D eigenvalue weighted by Gasteiger charge is 2.34. The summed E-state index contributed by atoms with van der Waals surface area (Å²) in [5.41, 5.74) is 1.14. The second-order valence-corrected chi connectivity index (χ2v) is 9.23. The summed E-state index contributed by atoms with van der Waals surface area (Å²) in [6, 6.07) is 11.5. The Bertz CT molecular complexity index is 754. The van der Waals surface area contributed by atoms with E-state index in [1.807, 2.05) is 35.7 Å². The molecule has 5 nitrogen and oxygen atoms in total. The predicted molar refractivity (Wildman–Crippen MR) is 96.0 cm³/mol. The van der Waals surface area contributed by atoms with Gasteiger partial charge in [-0.1, -0.05) is 6.07 Å². The van der Waals surface area contributed by atoms with Gasteiger partial charge in [0.15, 0.2) is 0 Å². The first kappa shape index (κ1) is 17.4. The van der Waals surface area contributed by atoms with Gasteiger partial charge in [0.25, 0.3) is 0 Å². The Morgan fingerprint density at radius 2 is 1.96 bits per heavy atom. The molecule has 130 valence electrons. The molecule has 2 aromatic rings. The van der Waals surface area contributed by atoms with E-state index in [9.17, 15) is 8.42 Å². The fourth-order valence-corrected chi connectivity index (χ4v) is 4.07. The Hall–Kier alpha value is -1.41. The maximum Gasteiger partial charge on any atom is 0.214 e. The molecular formula is C17H21NO4S2. The smallest absolute Gasteiger partial charge is 0.214 e. The molecule has 1 saturated heterocycles. The van der Waals surface area contributed by atoms with Gasteiger partial charge in [0.1, 0.15) is 11.9 Å². The summed E-state index contributed by atoms with van der Waals surface area (Å²) in [4.78, 5) is 1.20. The van der Waals surface area contributed by atoms with Gasteiger partial charge in [-0.05, 0) is 55.1 Å². The summed E-state index contributed by atoms with van der Waals surface area (Å²) >= 11 is 1.69. The molecule has 1 aliphatic heterocycles. The fraction of sp³-hybridized carbons (Fsp3) is 0.412. The van der Waals surface area contributed by atoms with E-state index in [1.54, 1.807) is 25.2 Å². The molecule has 0 spiro atoms. The van der Waals surface area contributed by atoms with Gasteiger partial charge in [0, 0.05) is 4.88 Å². The maximum absolute atomic E-state index is 12.0. The molecule has 7 heteroatoms. The molecule has 1 N–H and O–H groups in total. The molecule has 0 amide bonds. The summed E-state index contributed by atoms with van der Waals surface area (Å²) in [5, 5.41) is 1.56. The first-order valence-corrected chi connectivity index (χ1v) is 10.3. The van der Waals surface area contributed by atoms with Crippen molar-refractivity contribution >= 4 is 21.4 Å². The Morgan fingerprint density at radius 3 is 2.58 bits per heavy atom. The molecule has 2 atom stereocenters. The highest BCUT2D eigenvalue weighted by atomic mass is 32.2. The van der Waals surface area contributed by atoms with Gasteiger partial charge in [-0.3, -0.25) is 0 Å². The summed E-state index contributed by atoms with van der Waals surface area (Å²) in [7, 11) is -3.35. The van der Waals surface area contributed by atoms with Crippen molar-refractivity contribution in [2.75, 3.05) is 13.2 Å². The van der Waals surface area contributed by atoms with E-state index >= 15 is 0 Å². The van der Waals surface area contributed by atoms with E-state index < -0.39 is 15.3 Å². The van der Waals surface area contributed by atoms with Gasteiger partial charge < -0.3 is 9.47 Å². The maximum atomic E-state index is 12.0. The first-order valence-electron chi connectivity index (χ1n) is 7.85. The monoisotopic (exact) mass is 367 g/mol. The standard InChI is InChI=1S/C17H21NO4S2/c1-12(2)24(19,20)18-15-10-21-11-16(15)22-14-7-5-13(6-8-14)17-4-3-9-23-17/h3-9,12,15-16,18H,10-11H2,1-2H3/t15-,16+/m0/s1. The molecule has 1 aromatic carbocycles. The van der Waals surface area contributed by atoms with E-state index in [1.165, 1.54) is 4.88 Å². The minimum absolute atomic E-state index is 0.323. The lowest BCUT2D eigenvalue weighted by atomic mass is 10.2. The summed E-state index contributed by atoms with van der Waals surface area (Å²) in [6.45, 7) is 4.00. The zero-order valence-corrected chi connectivity index (χ0v) is 15.3. The molecule has 1 fully saturated rings. The normalized spacial score (nSPS) is 21.3. The molecule has 1 aromatic heterocycles. The van der Waals surface area contributed by atoms with Crippen LogP contribution in [0.5, 0.6) is 5.75 Å². The van der Waals surface area contributed by atoms with E-state index in [-0.39, 0.29) is 12.1 Å². The number of hydrogen-bond donors (Lipinski definition) is 1. The van der Waals surface area contributed by atoms with E-state index in [4.69, 9.17) is 9.47 Å². The largest absolute Gasteiger partial charge is 0.486 e. The quantitative estimate of drug-likeness (QED) is 0.853. The lowest BCUT2D eigenvalue weighted by molar-refractivity contribution is 0.140. The molecular weight excluding hydrogens is 346 g/mol. The van der Waals surface area contributed by atoms with Crippen LogP contribution in [-0.4, -0.2) is 39.0 Å². The van der Waals surface area contributed by atoms with Gasteiger partial charge in [-0.15, -0.1) is 11.3 Å². The van der Waals surface area contributed by atoms with E-state index in [0.29, 0.717) is 19.0 Å². The molecule has 0 aliphatic carbocycles.